The Labute approximate surface area is 164 Å². The molecule has 0 unspecified atom stereocenters. The third-order valence-electron chi connectivity index (χ3n) is 5.32. The van der Waals surface area contributed by atoms with Crippen LogP contribution in [0.4, 0.5) is 0 Å². The predicted octanol–water partition coefficient (Wildman–Crippen LogP) is 5.26. The zero-order valence-electron chi connectivity index (χ0n) is 16.0. The van der Waals surface area contributed by atoms with Crippen LogP contribution in [-0.2, 0) is 0 Å². The molecule has 2 aromatic rings. The normalized spacial score (nSPS) is 20.1. The molecule has 0 radical (unpaired) electrons. The fourth-order valence-corrected chi connectivity index (χ4v) is 6.84. The Bertz CT molecular complexity index is 704. The maximum absolute atomic E-state index is 4.75. The van der Waals surface area contributed by atoms with E-state index in [0.29, 0.717) is 0 Å². The molecule has 4 heterocycles. The van der Waals surface area contributed by atoms with Crippen molar-refractivity contribution in [3.63, 3.8) is 0 Å². The van der Waals surface area contributed by atoms with Gasteiger partial charge in [0.15, 0.2) is 0 Å². The van der Waals surface area contributed by atoms with E-state index < -0.39 is 8.22 Å². The summed E-state index contributed by atoms with van der Waals surface area (Å²) in [6.45, 7) is 4.81. The van der Waals surface area contributed by atoms with Gasteiger partial charge in [0.05, 0.1) is 19.6 Å². The van der Waals surface area contributed by atoms with E-state index in [1.54, 1.807) is 0 Å². The Morgan fingerprint density at radius 3 is 1.85 bits per heavy atom. The molecular weight excluding hydrogens is 351 g/mol. The first kappa shape index (κ1) is 18.7. The van der Waals surface area contributed by atoms with Crippen LogP contribution in [0.15, 0.2) is 48.8 Å². The van der Waals surface area contributed by atoms with Crippen LogP contribution in [0.5, 0.6) is 0 Å². The van der Waals surface area contributed by atoms with Gasteiger partial charge in [0, 0.05) is 43.9 Å². The first-order chi connectivity index (χ1) is 13.4. The number of rotatable bonds is 5. The maximum atomic E-state index is 4.75. The van der Waals surface area contributed by atoms with E-state index in [2.05, 4.69) is 44.7 Å². The molecule has 0 bridgehead atoms. The van der Waals surface area contributed by atoms with Crippen molar-refractivity contribution < 1.29 is 0 Å². The SMILES string of the molecule is C(=C(c1ccccn1)P(N1CCCCC1)N1CCCCC1)c1ccccn1. The van der Waals surface area contributed by atoms with Gasteiger partial charge in [-0.15, -0.1) is 0 Å². The number of pyridine rings is 2. The molecule has 0 aromatic carbocycles. The molecule has 2 fully saturated rings. The zero-order valence-corrected chi connectivity index (χ0v) is 16.9. The fraction of sp³-hybridized carbons (Fsp3) is 0.455. The first-order valence-electron chi connectivity index (χ1n) is 10.3. The van der Waals surface area contributed by atoms with Crippen molar-refractivity contribution in [2.24, 2.45) is 0 Å². The van der Waals surface area contributed by atoms with Crippen LogP contribution in [0, 0.1) is 0 Å². The smallest absolute Gasteiger partial charge is 0.0747 e. The molecule has 0 atom stereocenters. The molecule has 2 aromatic heterocycles. The van der Waals surface area contributed by atoms with Crippen LogP contribution >= 0.6 is 8.22 Å². The largest absolute Gasteiger partial charge is 0.266 e. The molecule has 2 saturated heterocycles. The predicted molar refractivity (Wildman–Crippen MR) is 114 cm³/mol. The molecule has 0 amide bonds. The minimum absolute atomic E-state index is 0.535. The Morgan fingerprint density at radius 1 is 0.741 bits per heavy atom. The lowest BCUT2D eigenvalue weighted by Crippen LogP contribution is -2.35. The quantitative estimate of drug-likeness (QED) is 0.663. The number of hydrogen-bond donors (Lipinski definition) is 0. The van der Waals surface area contributed by atoms with Gasteiger partial charge in [0.25, 0.3) is 0 Å². The number of nitrogens with zero attached hydrogens (tertiary/aromatic N) is 4. The highest BCUT2D eigenvalue weighted by molar-refractivity contribution is 7.64. The summed E-state index contributed by atoms with van der Waals surface area (Å²) in [5, 5.41) is 1.35. The molecule has 0 aliphatic carbocycles. The van der Waals surface area contributed by atoms with E-state index in [1.807, 2.05) is 24.5 Å². The van der Waals surface area contributed by atoms with E-state index in [0.717, 1.165) is 11.4 Å². The van der Waals surface area contributed by atoms with Crippen molar-refractivity contribution in [1.29, 1.82) is 0 Å². The Balaban J connectivity index is 1.76. The molecule has 0 spiro atoms. The average molecular weight is 380 g/mol. The second kappa shape index (κ2) is 9.54. The summed E-state index contributed by atoms with van der Waals surface area (Å²) in [5.74, 6) is 0. The minimum atomic E-state index is -0.535. The summed E-state index contributed by atoms with van der Waals surface area (Å²) in [6.07, 6.45) is 14.1. The van der Waals surface area contributed by atoms with E-state index >= 15 is 0 Å². The van der Waals surface area contributed by atoms with Crippen LogP contribution in [0.1, 0.15) is 49.9 Å². The highest BCUT2D eigenvalue weighted by atomic mass is 31.1. The lowest BCUT2D eigenvalue weighted by atomic mass is 10.2. The fourth-order valence-electron chi connectivity index (χ4n) is 3.97. The molecule has 2 aliphatic heterocycles. The zero-order chi connectivity index (χ0) is 18.3. The standard InChI is InChI=1S/C22H29N4P/c1-7-15-25(16-8-1)27(26-17-9-2-10-18-26)22(21-12-4-6-14-24-21)19-20-11-3-5-13-23-20/h3-6,11-14,19H,1-2,7-10,15-18H2. The molecule has 4 rings (SSSR count). The molecule has 5 heteroatoms. The van der Waals surface area contributed by atoms with Gasteiger partial charge in [-0.3, -0.25) is 19.3 Å². The van der Waals surface area contributed by atoms with Gasteiger partial charge >= 0.3 is 0 Å². The van der Waals surface area contributed by atoms with Gasteiger partial charge in [-0.05, 0) is 56.0 Å². The van der Waals surface area contributed by atoms with Crippen LogP contribution < -0.4 is 0 Å². The van der Waals surface area contributed by atoms with Crippen molar-refractivity contribution in [1.82, 2.24) is 19.3 Å². The molecule has 2 aliphatic rings. The highest BCUT2D eigenvalue weighted by Gasteiger charge is 2.32. The second-order valence-electron chi connectivity index (χ2n) is 7.32. The van der Waals surface area contributed by atoms with Gasteiger partial charge in [0.1, 0.15) is 0 Å². The van der Waals surface area contributed by atoms with Crippen LogP contribution in [0.3, 0.4) is 0 Å². The van der Waals surface area contributed by atoms with Gasteiger partial charge in [-0.2, -0.15) is 0 Å². The molecule has 4 nitrogen and oxygen atoms in total. The van der Waals surface area contributed by atoms with Crippen LogP contribution in [0.2, 0.25) is 0 Å². The van der Waals surface area contributed by atoms with Crippen LogP contribution in [0.25, 0.3) is 11.4 Å². The number of hydrogen-bond acceptors (Lipinski definition) is 4. The summed E-state index contributed by atoms with van der Waals surface area (Å²) >= 11 is 0. The van der Waals surface area contributed by atoms with Gasteiger partial charge < -0.3 is 0 Å². The van der Waals surface area contributed by atoms with Crippen molar-refractivity contribution in [2.45, 2.75) is 38.5 Å². The molecule has 0 saturated carbocycles. The third kappa shape index (κ3) is 4.82. The van der Waals surface area contributed by atoms with Crippen LogP contribution in [-0.4, -0.2) is 45.5 Å². The molecule has 0 N–H and O–H groups in total. The van der Waals surface area contributed by atoms with E-state index in [1.165, 1.54) is 70.0 Å². The summed E-state index contributed by atoms with van der Waals surface area (Å²) in [4.78, 5) is 9.34. The van der Waals surface area contributed by atoms with E-state index in [9.17, 15) is 0 Å². The number of aromatic nitrogens is 2. The Morgan fingerprint density at radius 2 is 1.33 bits per heavy atom. The van der Waals surface area contributed by atoms with Gasteiger partial charge in [-0.1, -0.05) is 25.0 Å². The van der Waals surface area contributed by atoms with Gasteiger partial charge in [-0.25, -0.2) is 0 Å². The summed E-state index contributed by atoms with van der Waals surface area (Å²) in [6, 6.07) is 12.4. The van der Waals surface area contributed by atoms with E-state index in [4.69, 9.17) is 4.98 Å². The highest BCUT2D eigenvalue weighted by Crippen LogP contribution is 2.58. The summed E-state index contributed by atoms with van der Waals surface area (Å²) in [7, 11) is -0.535. The van der Waals surface area contributed by atoms with Crippen molar-refractivity contribution in [2.75, 3.05) is 26.2 Å². The monoisotopic (exact) mass is 380 g/mol. The van der Waals surface area contributed by atoms with Crippen molar-refractivity contribution in [3.8, 4) is 0 Å². The second-order valence-corrected chi connectivity index (χ2v) is 9.51. The Kier molecular flexibility index (Phi) is 6.62. The average Bonchev–Trinajstić information content (AvgIpc) is 2.76. The van der Waals surface area contributed by atoms with Gasteiger partial charge in [0.2, 0.25) is 0 Å². The number of piperidine rings is 2. The third-order valence-corrected chi connectivity index (χ3v) is 7.98. The topological polar surface area (TPSA) is 32.3 Å². The Hall–Kier alpha value is -1.61. The summed E-state index contributed by atoms with van der Waals surface area (Å²) < 4.78 is 5.49. The summed E-state index contributed by atoms with van der Waals surface area (Å²) in [5.41, 5.74) is 2.13. The van der Waals surface area contributed by atoms with Crippen molar-refractivity contribution in [3.05, 3.63) is 60.2 Å². The molecule has 27 heavy (non-hydrogen) atoms. The van der Waals surface area contributed by atoms with Crippen molar-refractivity contribution >= 4 is 19.6 Å². The van der Waals surface area contributed by atoms with E-state index in [-0.39, 0.29) is 0 Å². The molecule has 142 valence electrons. The molecular formula is C22H29N4P. The lowest BCUT2D eigenvalue weighted by Gasteiger charge is -2.43. The maximum Gasteiger partial charge on any atom is 0.0747 e. The minimum Gasteiger partial charge on any atom is -0.266 e. The lowest BCUT2D eigenvalue weighted by molar-refractivity contribution is 0.315. The first-order valence-corrected chi connectivity index (χ1v) is 11.5.